The van der Waals surface area contributed by atoms with Crippen molar-refractivity contribution in [1.82, 2.24) is 4.98 Å². The molecule has 1 aromatic rings. The topological polar surface area (TPSA) is 16.1 Å². The monoisotopic (exact) mass is 280 g/mol. The van der Waals surface area contributed by atoms with E-state index in [0.717, 1.165) is 24.6 Å². The van der Waals surface area contributed by atoms with Crippen molar-refractivity contribution < 1.29 is 0 Å². The van der Waals surface area contributed by atoms with Crippen molar-refractivity contribution in [2.75, 3.05) is 18.0 Å². The second kappa shape index (κ2) is 4.97. The third-order valence-electron chi connectivity index (χ3n) is 3.80. The maximum Gasteiger partial charge on any atom is 0.129 e. The van der Waals surface area contributed by atoms with Crippen LogP contribution < -0.4 is 4.90 Å². The Morgan fingerprint density at radius 1 is 1.32 bits per heavy atom. The Kier molecular flexibility index (Phi) is 3.83. The molecule has 1 saturated heterocycles. The van der Waals surface area contributed by atoms with Gasteiger partial charge in [-0.2, -0.15) is 0 Å². The Morgan fingerprint density at radius 2 is 2.00 bits per heavy atom. The molecule has 0 unspecified atom stereocenters. The van der Waals surface area contributed by atoms with Crippen LogP contribution in [0, 0.1) is 5.41 Å². The number of aromatic nitrogens is 1. The zero-order valence-electron chi connectivity index (χ0n) is 12.8. The van der Waals surface area contributed by atoms with E-state index in [1.807, 2.05) is 0 Å². The van der Waals surface area contributed by atoms with E-state index in [0.29, 0.717) is 11.3 Å². The summed E-state index contributed by atoms with van der Waals surface area (Å²) in [6.07, 6.45) is 1.23. The van der Waals surface area contributed by atoms with Gasteiger partial charge in [-0.1, -0.05) is 34.6 Å². The Morgan fingerprint density at radius 3 is 2.47 bits per heavy atom. The van der Waals surface area contributed by atoms with Crippen LogP contribution in [0.1, 0.15) is 52.3 Å². The molecule has 0 N–H and O–H groups in total. The number of pyridine rings is 1. The Hall–Kier alpha value is -0.760. The van der Waals surface area contributed by atoms with Crippen LogP contribution in [0.4, 0.5) is 5.82 Å². The lowest BCUT2D eigenvalue weighted by atomic mass is 9.91. The number of anilines is 1. The van der Waals surface area contributed by atoms with Gasteiger partial charge in [0.15, 0.2) is 0 Å². The van der Waals surface area contributed by atoms with Crippen molar-refractivity contribution in [2.24, 2.45) is 5.41 Å². The number of rotatable bonds is 2. The molecule has 19 heavy (non-hydrogen) atoms. The van der Waals surface area contributed by atoms with Gasteiger partial charge < -0.3 is 4.90 Å². The summed E-state index contributed by atoms with van der Waals surface area (Å²) in [6, 6.07) is 4.28. The van der Waals surface area contributed by atoms with Gasteiger partial charge in [-0.15, -0.1) is 11.6 Å². The molecule has 3 heteroatoms. The molecule has 0 radical (unpaired) electrons. The van der Waals surface area contributed by atoms with Crippen LogP contribution in [0.2, 0.25) is 0 Å². The Bertz CT molecular complexity index is 460. The third-order valence-corrected chi connectivity index (χ3v) is 4.10. The molecule has 0 amide bonds. The van der Waals surface area contributed by atoms with Crippen molar-refractivity contribution >= 4 is 17.4 Å². The summed E-state index contributed by atoms with van der Waals surface area (Å²) in [7, 11) is 0. The number of halogens is 1. The van der Waals surface area contributed by atoms with Crippen LogP contribution in [0.25, 0.3) is 0 Å². The second-order valence-electron chi connectivity index (χ2n) is 7.44. The summed E-state index contributed by atoms with van der Waals surface area (Å²) < 4.78 is 0. The van der Waals surface area contributed by atoms with Crippen LogP contribution >= 0.6 is 11.6 Å². The first-order chi connectivity index (χ1) is 8.71. The van der Waals surface area contributed by atoms with Gasteiger partial charge in [-0.25, -0.2) is 4.98 Å². The van der Waals surface area contributed by atoms with E-state index in [1.54, 1.807) is 0 Å². The first-order valence-corrected chi connectivity index (χ1v) is 7.57. The van der Waals surface area contributed by atoms with Crippen molar-refractivity contribution in [3.8, 4) is 0 Å². The fraction of sp³-hybridized carbons (Fsp3) is 0.688. The van der Waals surface area contributed by atoms with Crippen LogP contribution in [0.3, 0.4) is 0 Å². The van der Waals surface area contributed by atoms with Crippen LogP contribution in [0.5, 0.6) is 0 Å². The molecule has 2 nitrogen and oxygen atoms in total. The normalized spacial score (nSPS) is 18.9. The van der Waals surface area contributed by atoms with Crippen molar-refractivity contribution in [1.29, 1.82) is 0 Å². The highest BCUT2D eigenvalue weighted by molar-refractivity contribution is 6.17. The summed E-state index contributed by atoms with van der Waals surface area (Å²) in [6.45, 7) is 13.4. The lowest BCUT2D eigenvalue weighted by Crippen LogP contribution is -2.25. The number of hydrogen-bond donors (Lipinski definition) is 0. The number of hydrogen-bond acceptors (Lipinski definition) is 2. The van der Waals surface area contributed by atoms with Crippen molar-refractivity contribution in [3.05, 3.63) is 23.4 Å². The molecule has 0 spiro atoms. The number of nitrogens with zero attached hydrogens (tertiary/aromatic N) is 2. The highest BCUT2D eigenvalue weighted by Crippen LogP contribution is 2.33. The molecule has 1 aliphatic rings. The summed E-state index contributed by atoms with van der Waals surface area (Å²) in [5.74, 6) is 1.64. The molecular formula is C16H25ClN2. The highest BCUT2D eigenvalue weighted by Gasteiger charge is 2.30. The molecule has 1 aromatic heterocycles. The lowest BCUT2D eigenvalue weighted by molar-refractivity contribution is 0.418. The summed E-state index contributed by atoms with van der Waals surface area (Å²) in [5.41, 5.74) is 2.75. The fourth-order valence-electron chi connectivity index (χ4n) is 2.50. The van der Waals surface area contributed by atoms with E-state index in [9.17, 15) is 0 Å². The molecular weight excluding hydrogens is 256 g/mol. The standard InChI is InChI=1S/C16H25ClN2/c1-15(2,3)13-8-12(10-17)9-14(18-13)19-7-6-16(4,5)11-19/h8-9H,6-7,10-11H2,1-5H3. The molecule has 1 fully saturated rings. The van der Waals surface area contributed by atoms with E-state index in [-0.39, 0.29) is 5.41 Å². The van der Waals surface area contributed by atoms with Gasteiger partial charge in [0, 0.05) is 30.1 Å². The van der Waals surface area contributed by atoms with Gasteiger partial charge in [0.25, 0.3) is 0 Å². The van der Waals surface area contributed by atoms with E-state index < -0.39 is 0 Å². The fourth-order valence-corrected chi connectivity index (χ4v) is 2.66. The average Bonchev–Trinajstić information content (AvgIpc) is 2.68. The van der Waals surface area contributed by atoms with Crippen molar-refractivity contribution in [3.63, 3.8) is 0 Å². The minimum atomic E-state index is 0.0616. The quantitative estimate of drug-likeness (QED) is 0.749. The second-order valence-corrected chi connectivity index (χ2v) is 7.71. The highest BCUT2D eigenvalue weighted by atomic mass is 35.5. The molecule has 0 atom stereocenters. The SMILES string of the molecule is CC1(C)CCN(c2cc(CCl)cc(C(C)(C)C)n2)C1. The first-order valence-electron chi connectivity index (χ1n) is 7.04. The van der Waals surface area contributed by atoms with E-state index in [1.165, 1.54) is 12.0 Å². The smallest absolute Gasteiger partial charge is 0.129 e. The molecule has 0 bridgehead atoms. The van der Waals surface area contributed by atoms with Crippen LogP contribution in [0.15, 0.2) is 12.1 Å². The van der Waals surface area contributed by atoms with Gasteiger partial charge in [0.05, 0.1) is 0 Å². The van der Waals surface area contributed by atoms with E-state index in [4.69, 9.17) is 16.6 Å². The summed E-state index contributed by atoms with van der Waals surface area (Å²) >= 11 is 6.04. The third kappa shape index (κ3) is 3.42. The van der Waals surface area contributed by atoms with E-state index in [2.05, 4.69) is 51.7 Å². The van der Waals surface area contributed by atoms with Crippen LogP contribution in [-0.4, -0.2) is 18.1 Å². The maximum atomic E-state index is 6.04. The molecule has 2 rings (SSSR count). The minimum Gasteiger partial charge on any atom is -0.356 e. The Balaban J connectivity index is 2.35. The van der Waals surface area contributed by atoms with Crippen LogP contribution in [-0.2, 0) is 11.3 Å². The average molecular weight is 281 g/mol. The summed E-state index contributed by atoms with van der Waals surface area (Å²) in [5, 5.41) is 0. The predicted molar refractivity (Wildman–Crippen MR) is 83.1 cm³/mol. The van der Waals surface area contributed by atoms with Gasteiger partial charge >= 0.3 is 0 Å². The molecule has 0 aromatic carbocycles. The number of alkyl halides is 1. The molecule has 1 aliphatic heterocycles. The van der Waals surface area contributed by atoms with Gasteiger partial charge in [0.1, 0.15) is 5.82 Å². The first kappa shape index (κ1) is 14.6. The maximum absolute atomic E-state index is 6.04. The molecule has 2 heterocycles. The van der Waals surface area contributed by atoms with Gasteiger partial charge in [0.2, 0.25) is 0 Å². The molecule has 0 aliphatic carbocycles. The predicted octanol–water partition coefficient (Wildman–Crippen LogP) is 4.35. The molecule has 106 valence electrons. The zero-order valence-corrected chi connectivity index (χ0v) is 13.5. The lowest BCUT2D eigenvalue weighted by Gasteiger charge is -2.25. The minimum absolute atomic E-state index is 0.0616. The Labute approximate surface area is 122 Å². The molecule has 0 saturated carbocycles. The van der Waals surface area contributed by atoms with Crippen molar-refractivity contribution in [2.45, 2.75) is 52.3 Å². The van der Waals surface area contributed by atoms with Gasteiger partial charge in [-0.3, -0.25) is 0 Å². The van der Waals surface area contributed by atoms with E-state index >= 15 is 0 Å². The largest absolute Gasteiger partial charge is 0.356 e. The summed E-state index contributed by atoms with van der Waals surface area (Å²) in [4.78, 5) is 7.26. The zero-order chi connectivity index (χ0) is 14.3. The van der Waals surface area contributed by atoms with Gasteiger partial charge in [-0.05, 0) is 29.5 Å².